The van der Waals surface area contributed by atoms with E-state index < -0.39 is 5.41 Å². The van der Waals surface area contributed by atoms with Crippen LogP contribution in [-0.2, 0) is 15.0 Å². The highest BCUT2D eigenvalue weighted by atomic mass is 79.9. The molecule has 0 saturated carbocycles. The normalized spacial score (nSPS) is 18.4. The van der Waals surface area contributed by atoms with Crippen molar-refractivity contribution in [2.75, 3.05) is 7.11 Å². The van der Waals surface area contributed by atoms with Gasteiger partial charge in [0.1, 0.15) is 5.75 Å². The SMILES string of the molecule is COc1ccc(Br)cc1C1(C)CC(=O)NC(=O)C1. The maximum absolute atomic E-state index is 11.6. The average Bonchev–Trinajstić information content (AvgIpc) is 2.27. The van der Waals surface area contributed by atoms with Crippen LogP contribution in [0.2, 0.25) is 0 Å². The molecule has 1 saturated heterocycles. The zero-order chi connectivity index (χ0) is 13.3. The largest absolute Gasteiger partial charge is 0.496 e. The molecule has 2 rings (SSSR count). The lowest BCUT2D eigenvalue weighted by Gasteiger charge is -2.33. The van der Waals surface area contributed by atoms with Crippen LogP contribution in [0.25, 0.3) is 0 Å². The van der Waals surface area contributed by atoms with E-state index in [1.54, 1.807) is 7.11 Å². The van der Waals surface area contributed by atoms with E-state index in [0.717, 1.165) is 10.0 Å². The number of carbonyl (C=O) groups is 2. The quantitative estimate of drug-likeness (QED) is 0.851. The zero-order valence-electron chi connectivity index (χ0n) is 10.2. The van der Waals surface area contributed by atoms with E-state index >= 15 is 0 Å². The highest BCUT2D eigenvalue weighted by Gasteiger charge is 2.39. The predicted octanol–water partition coefficient (Wildman–Crippen LogP) is 2.15. The van der Waals surface area contributed by atoms with Crippen LogP contribution in [0.1, 0.15) is 25.3 Å². The van der Waals surface area contributed by atoms with Crippen molar-refractivity contribution in [2.24, 2.45) is 0 Å². The van der Waals surface area contributed by atoms with Gasteiger partial charge in [-0.15, -0.1) is 0 Å². The van der Waals surface area contributed by atoms with Crippen molar-refractivity contribution >= 4 is 27.7 Å². The molecule has 18 heavy (non-hydrogen) atoms. The molecule has 0 spiro atoms. The third kappa shape index (κ3) is 2.41. The number of hydrogen-bond acceptors (Lipinski definition) is 3. The van der Waals surface area contributed by atoms with Crippen LogP contribution in [0.4, 0.5) is 0 Å². The van der Waals surface area contributed by atoms with Crippen molar-refractivity contribution in [1.82, 2.24) is 5.32 Å². The molecule has 1 aromatic carbocycles. The predicted molar refractivity (Wildman–Crippen MR) is 70.4 cm³/mol. The summed E-state index contributed by atoms with van der Waals surface area (Å²) in [4.78, 5) is 23.1. The molecule has 5 heteroatoms. The zero-order valence-corrected chi connectivity index (χ0v) is 11.8. The van der Waals surface area contributed by atoms with E-state index in [9.17, 15) is 9.59 Å². The molecule has 1 N–H and O–H groups in total. The van der Waals surface area contributed by atoms with E-state index in [4.69, 9.17) is 4.74 Å². The molecule has 1 fully saturated rings. The summed E-state index contributed by atoms with van der Waals surface area (Å²) in [6, 6.07) is 5.61. The van der Waals surface area contributed by atoms with Crippen LogP contribution in [-0.4, -0.2) is 18.9 Å². The topological polar surface area (TPSA) is 55.4 Å². The van der Waals surface area contributed by atoms with Crippen LogP contribution < -0.4 is 10.1 Å². The van der Waals surface area contributed by atoms with E-state index in [-0.39, 0.29) is 24.7 Å². The number of nitrogens with one attached hydrogen (secondary N) is 1. The summed E-state index contributed by atoms with van der Waals surface area (Å²) in [7, 11) is 1.58. The maximum atomic E-state index is 11.6. The first kappa shape index (κ1) is 13.1. The number of methoxy groups -OCH3 is 1. The lowest BCUT2D eigenvalue weighted by Crippen LogP contribution is -2.45. The Morgan fingerprint density at radius 1 is 1.28 bits per heavy atom. The van der Waals surface area contributed by atoms with Gasteiger partial charge in [0.15, 0.2) is 0 Å². The fraction of sp³-hybridized carbons (Fsp3) is 0.385. The molecule has 1 aliphatic heterocycles. The molecule has 1 aliphatic rings. The molecule has 0 aliphatic carbocycles. The summed E-state index contributed by atoms with van der Waals surface area (Å²) >= 11 is 3.41. The number of ether oxygens (including phenoxy) is 1. The Morgan fingerprint density at radius 3 is 2.44 bits per heavy atom. The summed E-state index contributed by atoms with van der Waals surface area (Å²) < 4.78 is 6.23. The second-order valence-electron chi connectivity index (χ2n) is 4.73. The van der Waals surface area contributed by atoms with Crippen LogP contribution in [0, 0.1) is 0 Å². The number of piperidine rings is 1. The Hall–Kier alpha value is -1.36. The molecule has 4 nitrogen and oxygen atoms in total. The minimum atomic E-state index is -0.519. The molecule has 96 valence electrons. The first-order valence-electron chi connectivity index (χ1n) is 5.61. The number of imide groups is 1. The lowest BCUT2D eigenvalue weighted by atomic mass is 9.74. The van der Waals surface area contributed by atoms with Gasteiger partial charge in [0.05, 0.1) is 7.11 Å². The van der Waals surface area contributed by atoms with Gasteiger partial charge < -0.3 is 4.74 Å². The molecule has 0 bridgehead atoms. The highest BCUT2D eigenvalue weighted by Crippen LogP contribution is 2.40. The van der Waals surface area contributed by atoms with E-state index in [0.29, 0.717) is 5.75 Å². The first-order valence-corrected chi connectivity index (χ1v) is 6.40. The number of rotatable bonds is 2. The molecule has 1 heterocycles. The molecule has 0 atom stereocenters. The van der Waals surface area contributed by atoms with Gasteiger partial charge in [-0.25, -0.2) is 0 Å². The van der Waals surface area contributed by atoms with Crippen molar-refractivity contribution in [2.45, 2.75) is 25.2 Å². The van der Waals surface area contributed by atoms with Crippen LogP contribution in [0.3, 0.4) is 0 Å². The number of hydrogen-bond donors (Lipinski definition) is 1. The Balaban J connectivity index is 2.48. The number of amides is 2. The highest BCUT2D eigenvalue weighted by molar-refractivity contribution is 9.10. The Morgan fingerprint density at radius 2 is 1.89 bits per heavy atom. The van der Waals surface area contributed by atoms with Crippen molar-refractivity contribution in [3.8, 4) is 5.75 Å². The van der Waals surface area contributed by atoms with Gasteiger partial charge >= 0.3 is 0 Å². The molecule has 0 unspecified atom stereocenters. The van der Waals surface area contributed by atoms with E-state index in [1.807, 2.05) is 25.1 Å². The van der Waals surface area contributed by atoms with E-state index in [1.165, 1.54) is 0 Å². The molecule has 0 radical (unpaired) electrons. The lowest BCUT2D eigenvalue weighted by molar-refractivity contribution is -0.135. The fourth-order valence-electron chi connectivity index (χ4n) is 2.36. The second kappa shape index (κ2) is 4.72. The Kier molecular flexibility index (Phi) is 3.43. The summed E-state index contributed by atoms with van der Waals surface area (Å²) in [5, 5.41) is 2.33. The number of benzene rings is 1. The fourth-order valence-corrected chi connectivity index (χ4v) is 2.72. The molecular formula is C13H14BrNO3. The standard InChI is InChI=1S/C13H14BrNO3/c1-13(6-11(16)15-12(17)7-13)9-5-8(14)3-4-10(9)18-2/h3-5H,6-7H2,1-2H3,(H,15,16,17). The van der Waals surface area contributed by atoms with Crippen LogP contribution >= 0.6 is 15.9 Å². The Bertz CT molecular complexity index is 497. The summed E-state index contributed by atoms with van der Waals surface area (Å²) in [5.74, 6) is 0.217. The van der Waals surface area contributed by atoms with Crippen molar-refractivity contribution in [3.63, 3.8) is 0 Å². The molecule has 1 aromatic rings. The van der Waals surface area contributed by atoms with Gasteiger partial charge in [-0.1, -0.05) is 22.9 Å². The van der Waals surface area contributed by atoms with Crippen LogP contribution in [0.5, 0.6) is 5.75 Å². The Labute approximate surface area is 114 Å². The monoisotopic (exact) mass is 311 g/mol. The minimum Gasteiger partial charge on any atom is -0.496 e. The summed E-state index contributed by atoms with van der Waals surface area (Å²) in [6.45, 7) is 1.91. The van der Waals surface area contributed by atoms with Gasteiger partial charge in [0, 0.05) is 28.3 Å². The van der Waals surface area contributed by atoms with Crippen molar-refractivity contribution < 1.29 is 14.3 Å². The van der Waals surface area contributed by atoms with Crippen molar-refractivity contribution in [3.05, 3.63) is 28.2 Å². The molecular weight excluding hydrogens is 298 g/mol. The molecule has 0 aromatic heterocycles. The average molecular weight is 312 g/mol. The van der Waals surface area contributed by atoms with Gasteiger partial charge in [-0.2, -0.15) is 0 Å². The minimum absolute atomic E-state index is 0.240. The van der Waals surface area contributed by atoms with Gasteiger partial charge in [-0.05, 0) is 18.2 Å². The van der Waals surface area contributed by atoms with Gasteiger partial charge in [0.2, 0.25) is 11.8 Å². The summed E-state index contributed by atoms with van der Waals surface area (Å²) in [6.07, 6.45) is 0.567. The third-order valence-electron chi connectivity index (χ3n) is 3.19. The number of carbonyl (C=O) groups excluding carboxylic acids is 2. The van der Waals surface area contributed by atoms with Gasteiger partial charge in [-0.3, -0.25) is 14.9 Å². The summed E-state index contributed by atoms with van der Waals surface area (Å²) in [5.41, 5.74) is 0.358. The van der Waals surface area contributed by atoms with Crippen molar-refractivity contribution in [1.29, 1.82) is 0 Å². The third-order valence-corrected chi connectivity index (χ3v) is 3.69. The maximum Gasteiger partial charge on any atom is 0.227 e. The molecule has 2 amide bonds. The number of halogens is 1. The first-order chi connectivity index (χ1) is 8.44. The smallest absolute Gasteiger partial charge is 0.227 e. The second-order valence-corrected chi connectivity index (χ2v) is 5.65. The van der Waals surface area contributed by atoms with Gasteiger partial charge in [0.25, 0.3) is 0 Å². The van der Waals surface area contributed by atoms with Crippen LogP contribution in [0.15, 0.2) is 22.7 Å². The van der Waals surface area contributed by atoms with E-state index in [2.05, 4.69) is 21.2 Å².